The SMILES string of the molecule is CCCCC(N)COC(=O)C(O)C(O)C(=O)OCC(N)CCCC. The number of aliphatic hydroxyl groups is 2. The Hall–Kier alpha value is -1.22. The molecule has 0 bridgehead atoms. The van der Waals surface area contributed by atoms with Gasteiger partial charge in [-0.3, -0.25) is 0 Å². The summed E-state index contributed by atoms with van der Waals surface area (Å²) < 4.78 is 9.61. The minimum absolute atomic E-state index is 0.0838. The molecule has 0 aliphatic carbocycles. The van der Waals surface area contributed by atoms with E-state index in [0.29, 0.717) is 12.8 Å². The van der Waals surface area contributed by atoms with Gasteiger partial charge in [-0.2, -0.15) is 0 Å². The summed E-state index contributed by atoms with van der Waals surface area (Å²) in [5.74, 6) is -2.22. The number of rotatable bonds is 13. The van der Waals surface area contributed by atoms with E-state index < -0.39 is 24.1 Å². The van der Waals surface area contributed by atoms with Gasteiger partial charge in [-0.15, -0.1) is 0 Å². The van der Waals surface area contributed by atoms with Crippen LogP contribution in [-0.2, 0) is 19.1 Å². The van der Waals surface area contributed by atoms with Crippen LogP contribution in [-0.4, -0.2) is 59.7 Å². The van der Waals surface area contributed by atoms with Crippen molar-refractivity contribution in [2.24, 2.45) is 11.5 Å². The molecule has 142 valence electrons. The Balaban J connectivity index is 4.15. The third-order valence-corrected chi connectivity index (χ3v) is 3.52. The molecule has 4 atom stereocenters. The van der Waals surface area contributed by atoms with Gasteiger partial charge in [0, 0.05) is 12.1 Å². The smallest absolute Gasteiger partial charge is 0.338 e. The van der Waals surface area contributed by atoms with E-state index in [4.69, 9.17) is 20.9 Å². The largest absolute Gasteiger partial charge is 0.462 e. The Morgan fingerprint density at radius 1 is 0.833 bits per heavy atom. The first-order chi connectivity index (χ1) is 11.3. The molecule has 0 aromatic carbocycles. The van der Waals surface area contributed by atoms with E-state index in [0.717, 1.165) is 25.7 Å². The van der Waals surface area contributed by atoms with Gasteiger partial charge in [0.05, 0.1) is 0 Å². The molecule has 0 amide bonds. The normalized spacial score (nSPS) is 16.1. The summed E-state index contributed by atoms with van der Waals surface area (Å²) in [5, 5.41) is 19.3. The van der Waals surface area contributed by atoms with Gasteiger partial charge in [0.2, 0.25) is 0 Å². The van der Waals surface area contributed by atoms with E-state index in [2.05, 4.69) is 0 Å². The fourth-order valence-corrected chi connectivity index (χ4v) is 1.91. The number of nitrogens with two attached hydrogens (primary N) is 2. The van der Waals surface area contributed by atoms with E-state index in [-0.39, 0.29) is 25.3 Å². The van der Waals surface area contributed by atoms with Crippen molar-refractivity contribution in [3.8, 4) is 0 Å². The van der Waals surface area contributed by atoms with Crippen LogP contribution < -0.4 is 11.5 Å². The van der Waals surface area contributed by atoms with Crippen LogP contribution in [0.3, 0.4) is 0 Å². The highest BCUT2D eigenvalue weighted by molar-refractivity contribution is 5.85. The van der Waals surface area contributed by atoms with Crippen LogP contribution in [0.15, 0.2) is 0 Å². The average Bonchev–Trinajstić information content (AvgIpc) is 2.58. The molecule has 0 saturated carbocycles. The molecule has 0 aromatic heterocycles. The molecule has 6 N–H and O–H groups in total. The van der Waals surface area contributed by atoms with Crippen LogP contribution in [0.2, 0.25) is 0 Å². The fourth-order valence-electron chi connectivity index (χ4n) is 1.91. The van der Waals surface area contributed by atoms with E-state index in [1.165, 1.54) is 0 Å². The van der Waals surface area contributed by atoms with Crippen LogP contribution in [0, 0.1) is 0 Å². The van der Waals surface area contributed by atoms with Crippen LogP contribution in [0.1, 0.15) is 52.4 Å². The molecule has 0 aromatic rings. The van der Waals surface area contributed by atoms with Crippen molar-refractivity contribution in [2.75, 3.05) is 13.2 Å². The van der Waals surface area contributed by atoms with Crippen molar-refractivity contribution in [1.29, 1.82) is 0 Å². The Morgan fingerprint density at radius 2 is 1.17 bits per heavy atom. The van der Waals surface area contributed by atoms with Crippen molar-refractivity contribution in [2.45, 2.75) is 76.7 Å². The number of ether oxygens (including phenoxy) is 2. The molecular formula is C16H32N2O6. The Kier molecular flexibility index (Phi) is 12.4. The zero-order valence-electron chi connectivity index (χ0n) is 14.6. The molecule has 0 fully saturated rings. The molecule has 8 nitrogen and oxygen atoms in total. The van der Waals surface area contributed by atoms with E-state index in [1.54, 1.807) is 0 Å². The van der Waals surface area contributed by atoms with Crippen molar-refractivity contribution >= 4 is 11.9 Å². The lowest BCUT2D eigenvalue weighted by Gasteiger charge is -2.18. The minimum atomic E-state index is -2.01. The molecule has 0 aliphatic heterocycles. The maximum absolute atomic E-state index is 11.6. The van der Waals surface area contributed by atoms with Gasteiger partial charge in [-0.05, 0) is 12.8 Å². The van der Waals surface area contributed by atoms with Gasteiger partial charge in [0.1, 0.15) is 13.2 Å². The van der Waals surface area contributed by atoms with Gasteiger partial charge in [0.15, 0.2) is 12.2 Å². The Bertz CT molecular complexity index is 332. The highest BCUT2D eigenvalue weighted by Crippen LogP contribution is 2.04. The first-order valence-corrected chi connectivity index (χ1v) is 8.53. The Morgan fingerprint density at radius 3 is 1.46 bits per heavy atom. The zero-order chi connectivity index (χ0) is 18.5. The average molecular weight is 348 g/mol. The molecule has 0 radical (unpaired) electrons. The maximum Gasteiger partial charge on any atom is 0.338 e. The molecule has 0 saturated heterocycles. The summed E-state index contributed by atoms with van der Waals surface area (Å²) in [6.45, 7) is 3.86. The van der Waals surface area contributed by atoms with Crippen LogP contribution >= 0.6 is 0 Å². The predicted octanol–water partition coefficient (Wildman–Crippen LogP) is -0.170. The predicted molar refractivity (Wildman–Crippen MR) is 88.9 cm³/mol. The minimum Gasteiger partial charge on any atom is -0.462 e. The lowest BCUT2D eigenvalue weighted by Crippen LogP contribution is -2.43. The molecule has 0 aliphatic rings. The van der Waals surface area contributed by atoms with Crippen molar-refractivity contribution < 1.29 is 29.3 Å². The summed E-state index contributed by atoms with van der Waals surface area (Å²) in [6.07, 6.45) is 1.07. The van der Waals surface area contributed by atoms with Crippen LogP contribution in [0.5, 0.6) is 0 Å². The highest BCUT2D eigenvalue weighted by atomic mass is 16.6. The summed E-state index contributed by atoms with van der Waals surface area (Å²) in [7, 11) is 0. The molecule has 8 heteroatoms. The summed E-state index contributed by atoms with van der Waals surface area (Å²) >= 11 is 0. The zero-order valence-corrected chi connectivity index (χ0v) is 14.6. The third-order valence-electron chi connectivity index (χ3n) is 3.52. The topological polar surface area (TPSA) is 145 Å². The quantitative estimate of drug-likeness (QED) is 0.336. The second kappa shape index (κ2) is 13.1. The standard InChI is InChI=1S/C16H32N2O6/c1-3-5-7-11(17)9-23-15(21)13(19)14(20)16(22)24-10-12(18)8-6-4-2/h11-14,19-20H,3-10,17-18H2,1-2H3. The lowest BCUT2D eigenvalue weighted by atomic mass is 10.1. The molecular weight excluding hydrogens is 316 g/mol. The van der Waals surface area contributed by atoms with Crippen molar-refractivity contribution in [3.63, 3.8) is 0 Å². The van der Waals surface area contributed by atoms with Crippen LogP contribution in [0.25, 0.3) is 0 Å². The Labute approximate surface area is 143 Å². The van der Waals surface area contributed by atoms with E-state index in [9.17, 15) is 19.8 Å². The molecule has 24 heavy (non-hydrogen) atoms. The second-order valence-corrected chi connectivity index (χ2v) is 5.95. The first kappa shape index (κ1) is 22.8. The van der Waals surface area contributed by atoms with Gasteiger partial charge >= 0.3 is 11.9 Å². The first-order valence-electron chi connectivity index (χ1n) is 8.53. The van der Waals surface area contributed by atoms with Crippen molar-refractivity contribution in [3.05, 3.63) is 0 Å². The third kappa shape index (κ3) is 9.82. The molecule has 0 spiro atoms. The highest BCUT2D eigenvalue weighted by Gasteiger charge is 2.33. The van der Waals surface area contributed by atoms with Gasteiger partial charge < -0.3 is 31.2 Å². The lowest BCUT2D eigenvalue weighted by molar-refractivity contribution is -0.173. The summed E-state index contributed by atoms with van der Waals surface area (Å²) in [5.41, 5.74) is 11.5. The molecule has 0 heterocycles. The summed E-state index contributed by atoms with van der Waals surface area (Å²) in [4.78, 5) is 23.3. The summed E-state index contributed by atoms with van der Waals surface area (Å²) in [6, 6.07) is -0.691. The monoisotopic (exact) mass is 348 g/mol. The molecule has 0 rings (SSSR count). The number of carbonyl (C=O) groups excluding carboxylic acids is 2. The molecule has 4 unspecified atom stereocenters. The maximum atomic E-state index is 11.6. The number of aliphatic hydroxyl groups excluding tert-OH is 2. The van der Waals surface area contributed by atoms with E-state index >= 15 is 0 Å². The fraction of sp³-hybridized carbons (Fsp3) is 0.875. The van der Waals surface area contributed by atoms with E-state index in [1.807, 2.05) is 13.8 Å². The van der Waals surface area contributed by atoms with Gasteiger partial charge in [-0.1, -0.05) is 39.5 Å². The van der Waals surface area contributed by atoms with Crippen LogP contribution in [0.4, 0.5) is 0 Å². The number of hydrogen-bond acceptors (Lipinski definition) is 8. The number of esters is 2. The van der Waals surface area contributed by atoms with Gasteiger partial charge in [-0.25, -0.2) is 9.59 Å². The van der Waals surface area contributed by atoms with Crippen molar-refractivity contribution in [1.82, 2.24) is 0 Å². The second-order valence-electron chi connectivity index (χ2n) is 5.95. The number of carbonyl (C=O) groups is 2. The number of hydrogen-bond donors (Lipinski definition) is 4. The number of unbranched alkanes of at least 4 members (excludes halogenated alkanes) is 2. The van der Waals surface area contributed by atoms with Gasteiger partial charge in [0.25, 0.3) is 0 Å².